The molecule has 2 N–H and O–H groups in total. The van der Waals surface area contributed by atoms with Crippen LogP contribution in [-0.4, -0.2) is 16.1 Å². The molecular formula is C10H13NO2. The number of carboxylic acids is 1. The molecule has 0 saturated carbocycles. The summed E-state index contributed by atoms with van der Waals surface area (Å²) in [5.74, 6) is -0.755. The van der Waals surface area contributed by atoms with E-state index >= 15 is 0 Å². The first kappa shape index (κ1) is 8.35. The number of fused-ring (bicyclic) bond motifs is 1. The monoisotopic (exact) mass is 179 g/mol. The number of H-pyrrole nitrogens is 1. The van der Waals surface area contributed by atoms with Crippen LogP contribution in [0.5, 0.6) is 0 Å². The highest BCUT2D eigenvalue weighted by atomic mass is 16.4. The first-order valence-electron chi connectivity index (χ1n) is 4.58. The Balaban J connectivity index is 2.25. The smallest absolute Gasteiger partial charge is 0.306 e. The molecule has 70 valence electrons. The van der Waals surface area contributed by atoms with Crippen LogP contribution in [0.25, 0.3) is 0 Å². The summed E-state index contributed by atoms with van der Waals surface area (Å²) in [6.07, 6.45) is 5.91. The highest BCUT2D eigenvalue weighted by Gasteiger charge is 2.31. The second-order valence-electron chi connectivity index (χ2n) is 3.71. The van der Waals surface area contributed by atoms with Crippen LogP contribution < -0.4 is 0 Å². The highest BCUT2D eigenvalue weighted by Crippen LogP contribution is 2.38. The summed E-state index contributed by atoms with van der Waals surface area (Å²) in [5, 5.41) is 8.90. The van der Waals surface area contributed by atoms with Crippen molar-refractivity contribution >= 4 is 5.97 Å². The Hall–Kier alpha value is -1.25. The molecular weight excluding hydrogens is 166 g/mol. The maximum atomic E-state index is 10.8. The van der Waals surface area contributed by atoms with Crippen LogP contribution in [0.2, 0.25) is 0 Å². The van der Waals surface area contributed by atoms with E-state index in [0.717, 1.165) is 12.8 Å². The third kappa shape index (κ3) is 1.24. The molecule has 0 amide bonds. The van der Waals surface area contributed by atoms with Gasteiger partial charge in [0, 0.05) is 12.4 Å². The van der Waals surface area contributed by atoms with Crippen molar-refractivity contribution in [3.05, 3.63) is 23.5 Å². The molecule has 3 heteroatoms. The van der Waals surface area contributed by atoms with Crippen LogP contribution in [0.15, 0.2) is 12.4 Å². The second kappa shape index (κ2) is 2.91. The average Bonchev–Trinajstić information content (AvgIpc) is 2.61. The molecule has 1 aromatic rings. The summed E-state index contributed by atoms with van der Waals surface area (Å²) in [7, 11) is 0. The zero-order valence-electron chi connectivity index (χ0n) is 7.58. The van der Waals surface area contributed by atoms with Crippen molar-refractivity contribution in [2.75, 3.05) is 0 Å². The van der Waals surface area contributed by atoms with Gasteiger partial charge in [-0.2, -0.15) is 0 Å². The number of hydrogen-bond donors (Lipinski definition) is 2. The van der Waals surface area contributed by atoms with Crippen LogP contribution in [0.3, 0.4) is 0 Å². The maximum absolute atomic E-state index is 10.8. The second-order valence-corrected chi connectivity index (χ2v) is 3.71. The summed E-state index contributed by atoms with van der Waals surface area (Å²) < 4.78 is 0. The molecule has 0 spiro atoms. The lowest BCUT2D eigenvalue weighted by atomic mass is 9.90. The Morgan fingerprint density at radius 2 is 2.46 bits per heavy atom. The minimum Gasteiger partial charge on any atom is -0.481 e. The normalized spacial score (nSPS) is 22.7. The van der Waals surface area contributed by atoms with Gasteiger partial charge in [-0.15, -0.1) is 0 Å². The van der Waals surface area contributed by atoms with E-state index in [1.165, 1.54) is 11.1 Å². The third-order valence-electron chi connectivity index (χ3n) is 2.98. The molecule has 2 unspecified atom stereocenters. The van der Waals surface area contributed by atoms with Gasteiger partial charge in [0.1, 0.15) is 0 Å². The third-order valence-corrected chi connectivity index (χ3v) is 2.98. The quantitative estimate of drug-likeness (QED) is 0.726. The Bertz CT molecular complexity index is 329. The van der Waals surface area contributed by atoms with Crippen molar-refractivity contribution in [3.63, 3.8) is 0 Å². The minimum atomic E-state index is -0.695. The molecule has 1 aromatic heterocycles. The molecule has 2 atom stereocenters. The van der Waals surface area contributed by atoms with E-state index in [1.807, 2.05) is 12.4 Å². The highest BCUT2D eigenvalue weighted by molar-refractivity contribution is 5.71. The van der Waals surface area contributed by atoms with E-state index in [-0.39, 0.29) is 11.8 Å². The molecule has 1 aliphatic carbocycles. The molecule has 13 heavy (non-hydrogen) atoms. The summed E-state index contributed by atoms with van der Waals surface area (Å²) in [6.45, 7) is 1.79. The van der Waals surface area contributed by atoms with E-state index < -0.39 is 5.97 Å². The fourth-order valence-electron chi connectivity index (χ4n) is 2.13. The standard InChI is InChI=1S/C10H13NO2/c1-6(10(12)13)8-3-2-7-4-11-5-9(7)8/h4-6,8,11H,2-3H2,1H3,(H,12,13). The predicted octanol–water partition coefficient (Wildman–Crippen LogP) is 1.77. The minimum absolute atomic E-state index is 0.207. The summed E-state index contributed by atoms with van der Waals surface area (Å²) in [5.41, 5.74) is 2.49. The van der Waals surface area contributed by atoms with Gasteiger partial charge in [-0.25, -0.2) is 0 Å². The fourth-order valence-corrected chi connectivity index (χ4v) is 2.13. The van der Waals surface area contributed by atoms with Crippen LogP contribution in [0.4, 0.5) is 0 Å². The lowest BCUT2D eigenvalue weighted by Crippen LogP contribution is -2.16. The van der Waals surface area contributed by atoms with Gasteiger partial charge in [0.25, 0.3) is 0 Å². The summed E-state index contributed by atoms with van der Waals surface area (Å²) >= 11 is 0. The number of carboxylic acid groups (broad SMARTS) is 1. The SMILES string of the molecule is CC(C(=O)O)C1CCc2c[nH]cc21. The first-order chi connectivity index (χ1) is 6.20. The van der Waals surface area contributed by atoms with Crippen LogP contribution in [-0.2, 0) is 11.2 Å². The number of aryl methyl sites for hydroxylation is 1. The Morgan fingerprint density at radius 3 is 3.15 bits per heavy atom. The van der Waals surface area contributed by atoms with E-state index in [4.69, 9.17) is 5.11 Å². The predicted molar refractivity (Wildman–Crippen MR) is 48.7 cm³/mol. The van der Waals surface area contributed by atoms with Gasteiger partial charge in [-0.1, -0.05) is 6.92 Å². The Labute approximate surface area is 76.8 Å². The van der Waals surface area contributed by atoms with Crippen molar-refractivity contribution in [1.82, 2.24) is 4.98 Å². The number of aromatic amines is 1. The van der Waals surface area contributed by atoms with Crippen molar-refractivity contribution in [1.29, 1.82) is 0 Å². The first-order valence-corrected chi connectivity index (χ1v) is 4.58. The van der Waals surface area contributed by atoms with E-state index in [1.54, 1.807) is 6.92 Å². The zero-order chi connectivity index (χ0) is 9.42. The van der Waals surface area contributed by atoms with Gasteiger partial charge in [0.15, 0.2) is 0 Å². The molecule has 3 nitrogen and oxygen atoms in total. The van der Waals surface area contributed by atoms with Gasteiger partial charge >= 0.3 is 5.97 Å². The van der Waals surface area contributed by atoms with Crippen molar-refractivity contribution in [2.45, 2.75) is 25.7 Å². The lowest BCUT2D eigenvalue weighted by Gasteiger charge is -2.14. The maximum Gasteiger partial charge on any atom is 0.306 e. The van der Waals surface area contributed by atoms with Gasteiger partial charge in [-0.05, 0) is 29.9 Å². The van der Waals surface area contributed by atoms with Gasteiger partial charge in [-0.3, -0.25) is 4.79 Å². The Morgan fingerprint density at radius 1 is 1.69 bits per heavy atom. The van der Waals surface area contributed by atoms with E-state index in [0.29, 0.717) is 0 Å². The molecule has 0 radical (unpaired) electrons. The molecule has 2 rings (SSSR count). The topological polar surface area (TPSA) is 53.1 Å². The summed E-state index contributed by atoms with van der Waals surface area (Å²) in [4.78, 5) is 13.8. The molecule has 0 aromatic carbocycles. The molecule has 0 aliphatic heterocycles. The van der Waals surface area contributed by atoms with Gasteiger partial charge < -0.3 is 10.1 Å². The van der Waals surface area contributed by atoms with Crippen molar-refractivity contribution < 1.29 is 9.90 Å². The number of carbonyl (C=O) groups is 1. The van der Waals surface area contributed by atoms with Crippen molar-refractivity contribution in [3.8, 4) is 0 Å². The molecule has 1 heterocycles. The molecule has 0 bridgehead atoms. The number of aromatic nitrogens is 1. The number of nitrogens with one attached hydrogen (secondary N) is 1. The number of aliphatic carboxylic acids is 1. The van der Waals surface area contributed by atoms with Crippen LogP contribution >= 0.6 is 0 Å². The average molecular weight is 179 g/mol. The zero-order valence-corrected chi connectivity index (χ0v) is 7.58. The van der Waals surface area contributed by atoms with E-state index in [9.17, 15) is 4.79 Å². The fraction of sp³-hybridized carbons (Fsp3) is 0.500. The molecule has 1 aliphatic rings. The number of rotatable bonds is 2. The summed E-state index contributed by atoms with van der Waals surface area (Å²) in [6, 6.07) is 0. The largest absolute Gasteiger partial charge is 0.481 e. The van der Waals surface area contributed by atoms with Gasteiger partial charge in [0.05, 0.1) is 5.92 Å². The van der Waals surface area contributed by atoms with Crippen LogP contribution in [0.1, 0.15) is 30.4 Å². The molecule has 0 saturated heterocycles. The Kier molecular flexibility index (Phi) is 1.87. The van der Waals surface area contributed by atoms with Gasteiger partial charge in [0.2, 0.25) is 0 Å². The number of hydrogen-bond acceptors (Lipinski definition) is 1. The van der Waals surface area contributed by atoms with Crippen LogP contribution in [0, 0.1) is 5.92 Å². The van der Waals surface area contributed by atoms with Crippen molar-refractivity contribution in [2.24, 2.45) is 5.92 Å². The molecule has 0 fully saturated rings. The van der Waals surface area contributed by atoms with E-state index in [2.05, 4.69) is 4.98 Å². The lowest BCUT2D eigenvalue weighted by molar-refractivity contribution is -0.141.